The Balaban J connectivity index is 3.40. The van der Waals surface area contributed by atoms with Crippen LogP contribution in [0, 0.1) is 0 Å². The highest BCUT2D eigenvalue weighted by Crippen LogP contribution is 2.12. The quantitative estimate of drug-likeness (QED) is 0.283. The number of hydrogen-bond acceptors (Lipinski definition) is 5. The summed E-state index contributed by atoms with van der Waals surface area (Å²) in [6.45, 7) is 3.13. The normalized spacial score (nSPS) is 13.1. The third kappa shape index (κ3) is 9.53. The van der Waals surface area contributed by atoms with E-state index in [2.05, 4.69) is 11.3 Å². The maximum atomic E-state index is 10.6. The van der Waals surface area contributed by atoms with Gasteiger partial charge in [0.25, 0.3) is 0 Å². The number of carbonyl (C=O) groups is 1. The molecule has 2 unspecified atom stereocenters. The second-order valence-electron chi connectivity index (χ2n) is 3.04. The Morgan fingerprint density at radius 1 is 1.60 bits per heavy atom. The molecule has 0 heterocycles. The zero-order chi connectivity index (χ0) is 11.7. The van der Waals surface area contributed by atoms with E-state index in [0.717, 1.165) is 6.08 Å². The molecule has 0 saturated carbocycles. The van der Waals surface area contributed by atoms with Crippen molar-refractivity contribution in [2.45, 2.75) is 25.4 Å². The molecule has 0 aliphatic rings. The number of rotatable bonds is 8. The molecule has 1 N–H and O–H groups in total. The summed E-state index contributed by atoms with van der Waals surface area (Å²) < 4.78 is 14.8. The lowest BCUT2D eigenvalue weighted by Gasteiger charge is -2.09. The molecule has 0 aliphatic carbocycles. The van der Waals surface area contributed by atoms with Crippen molar-refractivity contribution in [3.05, 3.63) is 12.7 Å². The van der Waals surface area contributed by atoms with Crippen molar-refractivity contribution in [3.8, 4) is 0 Å². The second kappa shape index (κ2) is 8.53. The maximum Gasteiger partial charge on any atom is 0.330 e. The van der Waals surface area contributed by atoms with Crippen molar-refractivity contribution < 1.29 is 24.1 Å². The predicted molar refractivity (Wildman–Crippen MR) is 53.5 cm³/mol. The van der Waals surface area contributed by atoms with E-state index >= 15 is 0 Å². The van der Waals surface area contributed by atoms with Gasteiger partial charge in [-0.3, -0.25) is 0 Å². The summed E-state index contributed by atoms with van der Waals surface area (Å²) in [5, 5.41) is 9.30. The van der Waals surface area contributed by atoms with Crippen molar-refractivity contribution in [1.82, 2.24) is 0 Å². The molecule has 15 heavy (non-hydrogen) atoms. The van der Waals surface area contributed by atoms with Crippen molar-refractivity contribution in [2.75, 3.05) is 12.8 Å². The number of aliphatic hydroxyl groups is 1. The first-order valence-corrected chi connectivity index (χ1v) is 6.01. The second-order valence-corrected chi connectivity index (χ2v) is 4.15. The Labute approximate surface area is 89.6 Å². The lowest BCUT2D eigenvalue weighted by atomic mass is 10.2. The number of aliphatic hydroxyl groups excluding tert-OH is 1. The van der Waals surface area contributed by atoms with Gasteiger partial charge in [-0.05, 0) is 19.3 Å². The van der Waals surface area contributed by atoms with Gasteiger partial charge in [0.2, 0.25) is 0 Å². The van der Waals surface area contributed by atoms with Crippen LogP contribution in [-0.4, -0.2) is 29.9 Å². The molecule has 2 atom stereocenters. The van der Waals surface area contributed by atoms with Crippen LogP contribution >= 0.6 is 8.03 Å². The predicted octanol–water partition coefficient (Wildman–Crippen LogP) is 0.349. The minimum atomic E-state index is -2.33. The van der Waals surface area contributed by atoms with Crippen molar-refractivity contribution in [2.24, 2.45) is 0 Å². The monoisotopic (exact) mass is 234 g/mol. The fourth-order valence-corrected chi connectivity index (χ4v) is 1.42. The average molecular weight is 234 g/mol. The Bertz CT molecular complexity index is 229. The van der Waals surface area contributed by atoms with E-state index in [0.29, 0.717) is 19.3 Å². The van der Waals surface area contributed by atoms with E-state index in [9.17, 15) is 19.4 Å². The lowest BCUT2D eigenvalue weighted by molar-refractivity contribution is -0.164. The summed E-state index contributed by atoms with van der Waals surface area (Å²) in [7, 11) is -2.33. The zero-order valence-electron chi connectivity index (χ0n) is 8.42. The molecule has 0 amide bonds. The summed E-state index contributed by atoms with van der Waals surface area (Å²) in [6, 6.07) is 0. The summed E-state index contributed by atoms with van der Waals surface area (Å²) in [6.07, 6.45) is 1.96. The van der Waals surface area contributed by atoms with Crippen LogP contribution in [0.4, 0.5) is 0 Å². The zero-order valence-corrected chi connectivity index (χ0v) is 9.32. The largest absolute Gasteiger partial charge is 0.596 e. The number of carbonyl (C=O) groups excluding carboxylic acids is 1. The molecule has 0 rings (SSSR count). The van der Waals surface area contributed by atoms with Crippen LogP contribution in [-0.2, 0) is 14.1 Å². The van der Waals surface area contributed by atoms with Gasteiger partial charge in [-0.15, -0.1) is 0 Å². The van der Waals surface area contributed by atoms with Crippen molar-refractivity contribution >= 4 is 14.0 Å². The lowest BCUT2D eigenvalue weighted by Crippen LogP contribution is -2.17. The molecule has 0 saturated heterocycles. The highest BCUT2D eigenvalue weighted by molar-refractivity contribution is 7.36. The standard InChI is InChI=1S/C9H15O5P/c1-2-9(11)14-7-8(10)5-3-4-6-15(12)13/h2,8,10H,1,3-7H2. The number of hydrogen-bond donors (Lipinski definition) is 1. The first-order valence-electron chi connectivity index (χ1n) is 4.65. The summed E-state index contributed by atoms with van der Waals surface area (Å²) >= 11 is 0. The Kier molecular flexibility index (Phi) is 8.09. The van der Waals surface area contributed by atoms with Crippen LogP contribution in [0.2, 0.25) is 0 Å². The molecule has 0 fully saturated rings. The minimum absolute atomic E-state index is 0.0750. The third-order valence-corrected chi connectivity index (χ3v) is 2.39. The van der Waals surface area contributed by atoms with Gasteiger partial charge in [0, 0.05) is 6.08 Å². The molecule has 0 aromatic rings. The summed E-state index contributed by atoms with van der Waals surface area (Å²) in [5.74, 6) is -0.573. The van der Waals surface area contributed by atoms with Gasteiger partial charge in [0.1, 0.15) is 12.8 Å². The molecular formula is C9H15O5P. The fourth-order valence-electron chi connectivity index (χ4n) is 0.941. The Morgan fingerprint density at radius 2 is 2.27 bits per heavy atom. The number of ether oxygens (including phenoxy) is 1. The van der Waals surface area contributed by atoms with Gasteiger partial charge in [-0.2, -0.15) is 0 Å². The first-order chi connectivity index (χ1) is 7.06. The SMILES string of the molecule is C=CC(=O)OCC(O)CCCC[P+](=O)[O-]. The molecule has 0 bridgehead atoms. The maximum absolute atomic E-state index is 10.6. The molecular weight excluding hydrogens is 219 g/mol. The van der Waals surface area contributed by atoms with Crippen LogP contribution in [0.25, 0.3) is 0 Å². The molecule has 0 spiro atoms. The van der Waals surface area contributed by atoms with Crippen LogP contribution in [0.5, 0.6) is 0 Å². The average Bonchev–Trinajstić information content (AvgIpc) is 2.20. The van der Waals surface area contributed by atoms with Crippen molar-refractivity contribution in [1.29, 1.82) is 0 Å². The highest BCUT2D eigenvalue weighted by atomic mass is 31.1. The molecule has 6 heteroatoms. The van der Waals surface area contributed by atoms with Gasteiger partial charge in [-0.25, -0.2) is 4.79 Å². The molecule has 86 valence electrons. The highest BCUT2D eigenvalue weighted by Gasteiger charge is 2.07. The minimum Gasteiger partial charge on any atom is -0.596 e. The number of esters is 1. The summed E-state index contributed by atoms with van der Waals surface area (Å²) in [5.41, 5.74) is 0. The topological polar surface area (TPSA) is 86.7 Å². The van der Waals surface area contributed by atoms with Gasteiger partial charge in [-0.1, -0.05) is 11.1 Å². The van der Waals surface area contributed by atoms with E-state index in [1.54, 1.807) is 0 Å². The fraction of sp³-hybridized carbons (Fsp3) is 0.667. The molecule has 0 aromatic carbocycles. The van der Waals surface area contributed by atoms with Gasteiger partial charge < -0.3 is 14.7 Å². The van der Waals surface area contributed by atoms with Crippen LogP contribution < -0.4 is 4.89 Å². The van der Waals surface area contributed by atoms with Gasteiger partial charge in [0.15, 0.2) is 0 Å². The van der Waals surface area contributed by atoms with Crippen molar-refractivity contribution in [3.63, 3.8) is 0 Å². The van der Waals surface area contributed by atoms with E-state index < -0.39 is 20.1 Å². The van der Waals surface area contributed by atoms with Crippen LogP contribution in [0.15, 0.2) is 12.7 Å². The van der Waals surface area contributed by atoms with Crippen LogP contribution in [0.1, 0.15) is 19.3 Å². The smallest absolute Gasteiger partial charge is 0.330 e. The van der Waals surface area contributed by atoms with E-state index in [-0.39, 0.29) is 12.8 Å². The van der Waals surface area contributed by atoms with Gasteiger partial charge >= 0.3 is 14.0 Å². The van der Waals surface area contributed by atoms with Crippen LogP contribution in [0.3, 0.4) is 0 Å². The molecule has 5 nitrogen and oxygen atoms in total. The molecule has 0 radical (unpaired) electrons. The molecule has 0 aromatic heterocycles. The first kappa shape index (κ1) is 14.2. The number of unbranched alkanes of at least 4 members (excludes halogenated alkanes) is 1. The third-order valence-electron chi connectivity index (χ3n) is 1.71. The Morgan fingerprint density at radius 3 is 2.80 bits per heavy atom. The Hall–Kier alpha value is -0.770. The van der Waals surface area contributed by atoms with E-state index in [1.165, 1.54) is 0 Å². The van der Waals surface area contributed by atoms with Gasteiger partial charge in [0.05, 0.1) is 6.10 Å². The van der Waals surface area contributed by atoms with E-state index in [1.807, 2.05) is 0 Å². The van der Waals surface area contributed by atoms with E-state index in [4.69, 9.17) is 0 Å². The summed E-state index contributed by atoms with van der Waals surface area (Å²) in [4.78, 5) is 20.8. The molecule has 0 aliphatic heterocycles.